The molecule has 2 heteroatoms. The van der Waals surface area contributed by atoms with E-state index in [0.29, 0.717) is 5.56 Å². The summed E-state index contributed by atoms with van der Waals surface area (Å²) < 4.78 is 4.66. The van der Waals surface area contributed by atoms with E-state index in [0.717, 1.165) is 12.8 Å². The topological polar surface area (TPSA) is 26.3 Å². The number of aryl methyl sites for hydroxylation is 1. The third kappa shape index (κ3) is 4.96. The van der Waals surface area contributed by atoms with Crippen molar-refractivity contribution in [2.75, 3.05) is 7.11 Å². The first-order valence-corrected chi connectivity index (χ1v) is 5.95. The normalized spacial score (nSPS) is 9.00. The van der Waals surface area contributed by atoms with Crippen LogP contribution in [0.2, 0.25) is 0 Å². The fourth-order valence-corrected chi connectivity index (χ4v) is 1.35. The number of hydrogen-bond donors (Lipinski definition) is 0. The molecule has 0 fully saturated rings. The first-order valence-electron chi connectivity index (χ1n) is 5.95. The van der Waals surface area contributed by atoms with Gasteiger partial charge in [-0.25, -0.2) is 4.79 Å². The van der Waals surface area contributed by atoms with Gasteiger partial charge in [-0.15, -0.1) is 0 Å². The number of methoxy groups -OCH3 is 1. The second kappa shape index (κ2) is 8.96. The molecule has 0 unspecified atom stereocenters. The molecular formula is C14H22O2. The molecule has 0 aliphatic heterocycles. The van der Waals surface area contributed by atoms with Crippen LogP contribution in [-0.2, 0) is 11.2 Å². The van der Waals surface area contributed by atoms with E-state index in [2.05, 4.69) is 11.7 Å². The van der Waals surface area contributed by atoms with Crippen LogP contribution in [0.5, 0.6) is 0 Å². The van der Waals surface area contributed by atoms with Crippen molar-refractivity contribution in [2.45, 2.75) is 40.0 Å². The van der Waals surface area contributed by atoms with Gasteiger partial charge in [-0.3, -0.25) is 0 Å². The summed E-state index contributed by atoms with van der Waals surface area (Å²) in [4.78, 5) is 11.2. The minimum absolute atomic E-state index is 0.261. The molecular weight excluding hydrogens is 200 g/mol. The van der Waals surface area contributed by atoms with E-state index in [1.807, 2.05) is 32.0 Å². The lowest BCUT2D eigenvalue weighted by Gasteiger charge is -2.02. The Bertz CT molecular complexity index is 305. The van der Waals surface area contributed by atoms with E-state index in [4.69, 9.17) is 0 Å². The molecule has 0 saturated carbocycles. The summed E-state index contributed by atoms with van der Waals surface area (Å²) in [6.07, 6.45) is 3.36. The quantitative estimate of drug-likeness (QED) is 0.723. The maximum Gasteiger partial charge on any atom is 0.337 e. The van der Waals surface area contributed by atoms with Gasteiger partial charge in [-0.2, -0.15) is 0 Å². The molecule has 16 heavy (non-hydrogen) atoms. The zero-order chi connectivity index (χ0) is 12.4. The van der Waals surface area contributed by atoms with Crippen molar-refractivity contribution >= 4 is 5.97 Å². The number of hydrogen-bond acceptors (Lipinski definition) is 2. The van der Waals surface area contributed by atoms with Crippen LogP contribution in [0.15, 0.2) is 24.3 Å². The molecule has 1 aromatic carbocycles. The summed E-state index contributed by atoms with van der Waals surface area (Å²) in [5.74, 6) is -0.261. The lowest BCUT2D eigenvalue weighted by Crippen LogP contribution is -2.01. The predicted octanol–water partition coefficient (Wildman–Crippen LogP) is 3.84. The van der Waals surface area contributed by atoms with Crippen LogP contribution in [0.4, 0.5) is 0 Å². The fraction of sp³-hybridized carbons (Fsp3) is 0.500. The second-order valence-electron chi connectivity index (χ2n) is 3.30. The van der Waals surface area contributed by atoms with Crippen molar-refractivity contribution in [3.63, 3.8) is 0 Å². The molecule has 0 aliphatic rings. The van der Waals surface area contributed by atoms with Gasteiger partial charge in [0, 0.05) is 0 Å². The van der Waals surface area contributed by atoms with Crippen molar-refractivity contribution in [1.29, 1.82) is 0 Å². The first kappa shape index (κ1) is 14.7. The van der Waals surface area contributed by atoms with Gasteiger partial charge >= 0.3 is 5.97 Å². The molecule has 0 bridgehead atoms. The minimum atomic E-state index is -0.261. The van der Waals surface area contributed by atoms with Crippen LogP contribution in [0.3, 0.4) is 0 Å². The molecule has 1 rings (SSSR count). The standard InChI is InChI=1S/C12H16O2.C2H6/c1-3-4-6-10-7-5-8-11(9-10)12(13)14-2;1-2/h5,7-9H,3-4,6H2,1-2H3;1-2H3. The van der Waals surface area contributed by atoms with Crippen molar-refractivity contribution in [2.24, 2.45) is 0 Å². The van der Waals surface area contributed by atoms with Crippen LogP contribution in [0, 0.1) is 0 Å². The fourth-order valence-electron chi connectivity index (χ4n) is 1.35. The van der Waals surface area contributed by atoms with Gasteiger partial charge in [0.15, 0.2) is 0 Å². The Morgan fingerprint density at radius 3 is 2.56 bits per heavy atom. The van der Waals surface area contributed by atoms with Gasteiger partial charge in [-0.1, -0.05) is 39.3 Å². The van der Waals surface area contributed by atoms with E-state index < -0.39 is 0 Å². The highest BCUT2D eigenvalue weighted by Gasteiger charge is 2.04. The minimum Gasteiger partial charge on any atom is -0.465 e. The van der Waals surface area contributed by atoms with E-state index in [9.17, 15) is 4.79 Å². The Morgan fingerprint density at radius 2 is 2.00 bits per heavy atom. The van der Waals surface area contributed by atoms with Gasteiger partial charge in [0.25, 0.3) is 0 Å². The van der Waals surface area contributed by atoms with Crippen molar-refractivity contribution < 1.29 is 9.53 Å². The summed E-state index contributed by atoms with van der Waals surface area (Å²) in [7, 11) is 1.40. The summed E-state index contributed by atoms with van der Waals surface area (Å²) >= 11 is 0. The van der Waals surface area contributed by atoms with Gasteiger partial charge in [0.2, 0.25) is 0 Å². The number of rotatable bonds is 4. The molecule has 90 valence electrons. The van der Waals surface area contributed by atoms with Crippen molar-refractivity contribution in [3.05, 3.63) is 35.4 Å². The van der Waals surface area contributed by atoms with Gasteiger partial charge in [0.1, 0.15) is 0 Å². The molecule has 0 N–H and O–H groups in total. The largest absolute Gasteiger partial charge is 0.465 e. The molecule has 0 saturated heterocycles. The molecule has 0 aromatic heterocycles. The third-order valence-corrected chi connectivity index (χ3v) is 2.17. The SMILES string of the molecule is CC.CCCCc1cccc(C(=O)OC)c1. The average Bonchev–Trinajstić information content (AvgIpc) is 2.38. The van der Waals surface area contributed by atoms with Crippen LogP contribution >= 0.6 is 0 Å². The number of benzene rings is 1. The Morgan fingerprint density at radius 1 is 1.31 bits per heavy atom. The van der Waals surface area contributed by atoms with Crippen molar-refractivity contribution in [1.82, 2.24) is 0 Å². The summed E-state index contributed by atoms with van der Waals surface area (Å²) in [5, 5.41) is 0. The van der Waals surface area contributed by atoms with Crippen LogP contribution < -0.4 is 0 Å². The molecule has 0 radical (unpaired) electrons. The highest BCUT2D eigenvalue weighted by Crippen LogP contribution is 2.09. The maximum absolute atomic E-state index is 11.2. The summed E-state index contributed by atoms with van der Waals surface area (Å²) in [6, 6.07) is 7.63. The van der Waals surface area contributed by atoms with Crippen LogP contribution in [0.1, 0.15) is 49.5 Å². The summed E-state index contributed by atoms with van der Waals surface area (Å²) in [6.45, 7) is 6.16. The number of esters is 1. The number of unbranched alkanes of at least 4 members (excludes halogenated alkanes) is 1. The Labute approximate surface area is 98.6 Å². The average molecular weight is 222 g/mol. The maximum atomic E-state index is 11.2. The van der Waals surface area contributed by atoms with Gasteiger partial charge < -0.3 is 4.74 Å². The molecule has 0 atom stereocenters. The van der Waals surface area contributed by atoms with Gasteiger partial charge in [0.05, 0.1) is 12.7 Å². The van der Waals surface area contributed by atoms with E-state index >= 15 is 0 Å². The Kier molecular flexibility index (Phi) is 8.22. The smallest absolute Gasteiger partial charge is 0.337 e. The Hall–Kier alpha value is -1.31. The predicted molar refractivity (Wildman–Crippen MR) is 67.7 cm³/mol. The van der Waals surface area contributed by atoms with E-state index in [1.165, 1.54) is 19.1 Å². The van der Waals surface area contributed by atoms with E-state index in [1.54, 1.807) is 6.07 Å². The molecule has 0 spiro atoms. The lowest BCUT2D eigenvalue weighted by atomic mass is 10.1. The highest BCUT2D eigenvalue weighted by molar-refractivity contribution is 5.89. The molecule has 2 nitrogen and oxygen atoms in total. The monoisotopic (exact) mass is 222 g/mol. The molecule has 0 heterocycles. The lowest BCUT2D eigenvalue weighted by molar-refractivity contribution is 0.0600. The second-order valence-corrected chi connectivity index (χ2v) is 3.30. The molecule has 0 amide bonds. The Balaban J connectivity index is 0.00000106. The number of carbonyl (C=O) groups is 1. The first-order chi connectivity index (χ1) is 7.77. The number of ether oxygens (including phenoxy) is 1. The molecule has 0 aliphatic carbocycles. The zero-order valence-corrected chi connectivity index (χ0v) is 10.7. The van der Waals surface area contributed by atoms with Crippen LogP contribution in [0.25, 0.3) is 0 Å². The zero-order valence-electron chi connectivity index (χ0n) is 10.7. The van der Waals surface area contributed by atoms with Crippen molar-refractivity contribution in [3.8, 4) is 0 Å². The summed E-state index contributed by atoms with van der Waals surface area (Å²) in [5.41, 5.74) is 1.84. The molecule has 1 aromatic rings. The number of carbonyl (C=O) groups excluding carboxylic acids is 1. The van der Waals surface area contributed by atoms with Gasteiger partial charge in [-0.05, 0) is 30.5 Å². The van der Waals surface area contributed by atoms with E-state index in [-0.39, 0.29) is 5.97 Å². The highest BCUT2D eigenvalue weighted by atomic mass is 16.5. The third-order valence-electron chi connectivity index (χ3n) is 2.17. The van der Waals surface area contributed by atoms with Crippen LogP contribution in [-0.4, -0.2) is 13.1 Å².